The molecule has 0 spiro atoms. The molecule has 0 unspecified atom stereocenters. The van der Waals surface area contributed by atoms with Crippen LogP contribution in [0.3, 0.4) is 0 Å². The number of carboxylic acid groups (broad SMARTS) is 1. The van der Waals surface area contributed by atoms with Crippen LogP contribution in [-0.4, -0.2) is 16.2 Å². The lowest BCUT2D eigenvalue weighted by Crippen LogP contribution is -2.20. The minimum Gasteiger partial charge on any atom is -0.478 e. The summed E-state index contributed by atoms with van der Waals surface area (Å²) < 4.78 is 0. The van der Waals surface area contributed by atoms with Crippen molar-refractivity contribution in [2.75, 3.05) is 10.6 Å². The molecule has 2 aromatic carbocycles. The van der Waals surface area contributed by atoms with E-state index in [4.69, 9.17) is 17.3 Å². The van der Waals surface area contributed by atoms with Crippen LogP contribution in [0.5, 0.6) is 0 Å². The molecule has 0 aliphatic rings. The molecule has 0 aliphatic heterocycles. The molecule has 0 saturated heterocycles. The third-order valence-corrected chi connectivity index (χ3v) is 3.21. The standard InChI is InChI=1S/C16H16N2O2S/c1-10-4-3-5-13(8-10)17-16(21)18-14-9-12(15(19)20)7-6-11(14)2/h3-9H,1-2H3,(H,19,20)(H2,17,18,21). The summed E-state index contributed by atoms with van der Waals surface area (Å²) in [5.74, 6) is -0.962. The van der Waals surface area contributed by atoms with Crippen LogP contribution < -0.4 is 10.6 Å². The molecule has 3 N–H and O–H groups in total. The van der Waals surface area contributed by atoms with Gasteiger partial charge in [-0.05, 0) is 61.5 Å². The summed E-state index contributed by atoms with van der Waals surface area (Å²) in [7, 11) is 0. The molecule has 0 aliphatic carbocycles. The number of thiocarbonyl (C=S) groups is 1. The Balaban J connectivity index is 2.12. The number of hydrogen-bond donors (Lipinski definition) is 3. The summed E-state index contributed by atoms with van der Waals surface area (Å²) >= 11 is 5.26. The van der Waals surface area contributed by atoms with Gasteiger partial charge in [0.25, 0.3) is 0 Å². The topological polar surface area (TPSA) is 61.4 Å². The Morgan fingerprint density at radius 1 is 1.10 bits per heavy atom. The van der Waals surface area contributed by atoms with Crippen LogP contribution in [0.15, 0.2) is 42.5 Å². The average molecular weight is 300 g/mol. The highest BCUT2D eigenvalue weighted by atomic mass is 32.1. The second-order valence-electron chi connectivity index (χ2n) is 4.78. The smallest absolute Gasteiger partial charge is 0.335 e. The first-order valence-electron chi connectivity index (χ1n) is 6.44. The number of rotatable bonds is 3. The molecule has 0 amide bonds. The fourth-order valence-electron chi connectivity index (χ4n) is 1.90. The molecule has 2 aromatic rings. The number of benzene rings is 2. The van der Waals surface area contributed by atoms with E-state index in [2.05, 4.69) is 10.6 Å². The Bertz CT molecular complexity index is 698. The van der Waals surface area contributed by atoms with E-state index in [0.29, 0.717) is 10.8 Å². The number of aryl methyl sites for hydroxylation is 2. The van der Waals surface area contributed by atoms with Crippen molar-refractivity contribution < 1.29 is 9.90 Å². The number of hydrogen-bond acceptors (Lipinski definition) is 2. The molecule has 0 aromatic heterocycles. The molecule has 0 atom stereocenters. The molecule has 4 nitrogen and oxygen atoms in total. The number of carboxylic acids is 1. The fourth-order valence-corrected chi connectivity index (χ4v) is 2.12. The largest absolute Gasteiger partial charge is 0.478 e. The molecule has 0 saturated carbocycles. The second-order valence-corrected chi connectivity index (χ2v) is 5.19. The molecule has 0 radical (unpaired) electrons. The fraction of sp³-hybridized carbons (Fsp3) is 0.125. The van der Waals surface area contributed by atoms with Crippen LogP contribution in [0.4, 0.5) is 11.4 Å². The van der Waals surface area contributed by atoms with E-state index in [0.717, 1.165) is 16.8 Å². The zero-order chi connectivity index (χ0) is 15.4. The minimum atomic E-state index is -0.962. The maximum Gasteiger partial charge on any atom is 0.335 e. The third kappa shape index (κ3) is 4.03. The van der Waals surface area contributed by atoms with E-state index in [1.807, 2.05) is 38.1 Å². The van der Waals surface area contributed by atoms with E-state index in [-0.39, 0.29) is 5.56 Å². The van der Waals surface area contributed by atoms with E-state index in [1.54, 1.807) is 18.2 Å². The number of anilines is 2. The van der Waals surface area contributed by atoms with Gasteiger partial charge >= 0.3 is 5.97 Å². The first kappa shape index (κ1) is 15.0. The zero-order valence-electron chi connectivity index (χ0n) is 11.8. The summed E-state index contributed by atoms with van der Waals surface area (Å²) in [5.41, 5.74) is 3.85. The normalized spacial score (nSPS) is 10.0. The predicted octanol–water partition coefficient (Wildman–Crippen LogP) is 3.81. The summed E-state index contributed by atoms with van der Waals surface area (Å²) in [6.45, 7) is 3.89. The summed E-state index contributed by atoms with van der Waals surface area (Å²) in [6.07, 6.45) is 0. The maximum atomic E-state index is 11.0. The van der Waals surface area contributed by atoms with Crippen molar-refractivity contribution in [3.63, 3.8) is 0 Å². The zero-order valence-corrected chi connectivity index (χ0v) is 12.6. The Hall–Kier alpha value is -2.40. The van der Waals surface area contributed by atoms with Gasteiger partial charge in [-0.15, -0.1) is 0 Å². The van der Waals surface area contributed by atoms with Crippen molar-refractivity contribution in [1.82, 2.24) is 0 Å². The van der Waals surface area contributed by atoms with Crippen LogP contribution in [0.2, 0.25) is 0 Å². The SMILES string of the molecule is Cc1cccc(NC(=S)Nc2cc(C(=O)O)ccc2C)c1. The lowest BCUT2D eigenvalue weighted by molar-refractivity contribution is 0.0697. The average Bonchev–Trinajstić information content (AvgIpc) is 2.41. The van der Waals surface area contributed by atoms with Crippen molar-refractivity contribution in [3.8, 4) is 0 Å². The highest BCUT2D eigenvalue weighted by Gasteiger charge is 2.07. The van der Waals surface area contributed by atoms with Crippen molar-refractivity contribution in [2.24, 2.45) is 0 Å². The lowest BCUT2D eigenvalue weighted by Gasteiger charge is -2.13. The van der Waals surface area contributed by atoms with Gasteiger partial charge in [-0.1, -0.05) is 18.2 Å². The van der Waals surface area contributed by atoms with Crippen LogP contribution in [0.25, 0.3) is 0 Å². The Labute approximate surface area is 128 Å². The molecule has 5 heteroatoms. The monoisotopic (exact) mass is 300 g/mol. The molecule has 2 rings (SSSR count). The van der Waals surface area contributed by atoms with Crippen molar-refractivity contribution >= 4 is 34.7 Å². The Morgan fingerprint density at radius 2 is 1.86 bits per heavy atom. The quantitative estimate of drug-likeness (QED) is 0.752. The van der Waals surface area contributed by atoms with Crippen molar-refractivity contribution in [1.29, 1.82) is 0 Å². The van der Waals surface area contributed by atoms with Gasteiger partial charge in [-0.3, -0.25) is 0 Å². The van der Waals surface area contributed by atoms with Gasteiger partial charge < -0.3 is 15.7 Å². The number of nitrogens with one attached hydrogen (secondary N) is 2. The molecule has 21 heavy (non-hydrogen) atoms. The first-order valence-corrected chi connectivity index (χ1v) is 6.85. The first-order chi connectivity index (χ1) is 9.95. The molecular formula is C16H16N2O2S. The maximum absolute atomic E-state index is 11.0. The van der Waals surface area contributed by atoms with E-state index in [9.17, 15) is 4.79 Å². The lowest BCUT2D eigenvalue weighted by atomic mass is 10.1. The van der Waals surface area contributed by atoms with Crippen LogP contribution in [-0.2, 0) is 0 Å². The van der Waals surface area contributed by atoms with Gasteiger partial charge in [0.05, 0.1) is 5.56 Å². The third-order valence-electron chi connectivity index (χ3n) is 3.01. The molecule has 0 heterocycles. The van der Waals surface area contributed by atoms with Gasteiger partial charge in [0, 0.05) is 11.4 Å². The summed E-state index contributed by atoms with van der Waals surface area (Å²) in [5, 5.41) is 15.6. The second kappa shape index (κ2) is 6.37. The van der Waals surface area contributed by atoms with Crippen molar-refractivity contribution in [2.45, 2.75) is 13.8 Å². The summed E-state index contributed by atoms with van der Waals surface area (Å²) in [6, 6.07) is 12.7. The van der Waals surface area contributed by atoms with Gasteiger partial charge in [0.15, 0.2) is 5.11 Å². The highest BCUT2D eigenvalue weighted by Crippen LogP contribution is 2.18. The molecule has 0 fully saturated rings. The molecular weight excluding hydrogens is 284 g/mol. The van der Waals surface area contributed by atoms with E-state index >= 15 is 0 Å². The van der Waals surface area contributed by atoms with Gasteiger partial charge in [-0.25, -0.2) is 4.79 Å². The Morgan fingerprint density at radius 3 is 2.52 bits per heavy atom. The number of aromatic carboxylic acids is 1. The Kier molecular flexibility index (Phi) is 4.55. The van der Waals surface area contributed by atoms with E-state index < -0.39 is 5.97 Å². The van der Waals surface area contributed by atoms with Crippen LogP contribution in [0, 0.1) is 13.8 Å². The van der Waals surface area contributed by atoms with Crippen LogP contribution in [0.1, 0.15) is 21.5 Å². The predicted molar refractivity (Wildman–Crippen MR) is 89.2 cm³/mol. The van der Waals surface area contributed by atoms with E-state index in [1.165, 1.54) is 0 Å². The number of carbonyl (C=O) groups is 1. The van der Waals surface area contributed by atoms with Gasteiger partial charge in [0.1, 0.15) is 0 Å². The van der Waals surface area contributed by atoms with Gasteiger partial charge in [-0.2, -0.15) is 0 Å². The highest BCUT2D eigenvalue weighted by molar-refractivity contribution is 7.80. The minimum absolute atomic E-state index is 0.224. The van der Waals surface area contributed by atoms with Crippen molar-refractivity contribution in [3.05, 3.63) is 59.2 Å². The molecule has 108 valence electrons. The summed E-state index contributed by atoms with van der Waals surface area (Å²) in [4.78, 5) is 11.0. The van der Waals surface area contributed by atoms with Gasteiger partial charge in [0.2, 0.25) is 0 Å². The van der Waals surface area contributed by atoms with Crippen LogP contribution >= 0.6 is 12.2 Å². The molecule has 0 bridgehead atoms.